The number of rotatable bonds is 8. The van der Waals surface area contributed by atoms with Crippen LogP contribution in [0.15, 0.2) is 30.7 Å². The second-order valence-electron chi connectivity index (χ2n) is 8.23. The average Bonchev–Trinajstić information content (AvgIpc) is 3.48. The minimum atomic E-state index is -5.01. The van der Waals surface area contributed by atoms with Crippen LogP contribution >= 0.6 is 0 Å². The van der Waals surface area contributed by atoms with Crippen LogP contribution in [-0.4, -0.2) is 67.4 Å². The number of carboxylic acids is 1. The van der Waals surface area contributed by atoms with E-state index < -0.39 is 23.9 Å². The smallest absolute Gasteiger partial charge is 0.472 e. The lowest BCUT2D eigenvalue weighted by molar-refractivity contribution is -0.178. The monoisotopic (exact) mass is 509 g/mol. The molecule has 192 valence electrons. The molecule has 0 saturated carbocycles. The van der Waals surface area contributed by atoms with Crippen molar-refractivity contribution >= 4 is 23.3 Å². The van der Waals surface area contributed by atoms with Crippen molar-refractivity contribution in [1.29, 1.82) is 0 Å². The molecule has 4 rings (SSSR count). The van der Waals surface area contributed by atoms with Crippen molar-refractivity contribution in [2.75, 3.05) is 24.5 Å². The number of aromatic carboxylic acids is 1. The molecule has 0 aliphatic carbocycles. The van der Waals surface area contributed by atoms with Gasteiger partial charge in [0.1, 0.15) is 17.2 Å². The number of hydrogen-bond donors (Lipinski definition) is 2. The predicted molar refractivity (Wildman–Crippen MR) is 119 cm³/mol. The summed E-state index contributed by atoms with van der Waals surface area (Å²) >= 11 is 0. The number of nitrogens with one attached hydrogen (secondary N) is 1. The van der Waals surface area contributed by atoms with Gasteiger partial charge in [-0.2, -0.15) is 18.3 Å². The lowest BCUT2D eigenvalue weighted by atomic mass is 10.0. The largest absolute Gasteiger partial charge is 0.477 e. The Morgan fingerprint density at radius 3 is 2.78 bits per heavy atom. The van der Waals surface area contributed by atoms with Gasteiger partial charge in [-0.25, -0.2) is 23.7 Å². The van der Waals surface area contributed by atoms with Crippen molar-refractivity contribution in [3.05, 3.63) is 53.4 Å². The fourth-order valence-electron chi connectivity index (χ4n) is 4.26. The first-order valence-corrected chi connectivity index (χ1v) is 11.2. The predicted octanol–water partition coefficient (Wildman–Crippen LogP) is 2.76. The van der Waals surface area contributed by atoms with Gasteiger partial charge in [-0.1, -0.05) is 6.92 Å². The first kappa shape index (κ1) is 25.3. The van der Waals surface area contributed by atoms with Crippen molar-refractivity contribution < 1.29 is 32.3 Å². The fraction of sp³-hybridized carbons (Fsp3) is 0.409. The molecular weight excluding hydrogens is 486 g/mol. The molecule has 1 fully saturated rings. The summed E-state index contributed by atoms with van der Waals surface area (Å²) in [4.78, 5) is 33.4. The summed E-state index contributed by atoms with van der Waals surface area (Å²) in [5.74, 6) is -3.32. The molecule has 2 N–H and O–H groups in total. The van der Waals surface area contributed by atoms with E-state index in [1.165, 1.54) is 16.8 Å². The van der Waals surface area contributed by atoms with E-state index in [0.717, 1.165) is 17.6 Å². The first-order valence-electron chi connectivity index (χ1n) is 11.2. The Hall–Kier alpha value is -3.81. The highest BCUT2D eigenvalue weighted by atomic mass is 19.4. The molecule has 3 aromatic heterocycles. The maximum atomic E-state index is 14.2. The van der Waals surface area contributed by atoms with Crippen LogP contribution in [0.3, 0.4) is 0 Å². The summed E-state index contributed by atoms with van der Waals surface area (Å²) in [5.41, 5.74) is 2.98. The van der Waals surface area contributed by atoms with Gasteiger partial charge in [0, 0.05) is 37.9 Å². The molecule has 1 atom stereocenters. The van der Waals surface area contributed by atoms with Gasteiger partial charge in [0.05, 0.1) is 18.4 Å². The van der Waals surface area contributed by atoms with Crippen molar-refractivity contribution in [2.24, 2.45) is 0 Å². The molecule has 0 aromatic carbocycles. The number of hydrazine groups is 1. The summed E-state index contributed by atoms with van der Waals surface area (Å²) in [6.07, 6.45) is 0.373. The molecule has 0 unspecified atom stereocenters. The molecule has 14 heteroatoms. The zero-order valence-electron chi connectivity index (χ0n) is 19.2. The third-order valence-electron chi connectivity index (χ3n) is 5.98. The maximum Gasteiger partial charge on any atom is 0.472 e. The Morgan fingerprint density at radius 2 is 2.08 bits per heavy atom. The van der Waals surface area contributed by atoms with Crippen LogP contribution in [-0.2, 0) is 11.2 Å². The normalized spacial score (nSPS) is 16.2. The average molecular weight is 509 g/mol. The van der Waals surface area contributed by atoms with E-state index in [0.29, 0.717) is 30.0 Å². The van der Waals surface area contributed by atoms with Gasteiger partial charge in [-0.3, -0.25) is 15.2 Å². The molecule has 1 saturated heterocycles. The number of nitrogens with zero attached hydrogens (tertiary/aromatic N) is 6. The van der Waals surface area contributed by atoms with Crippen LogP contribution in [0.4, 0.5) is 23.4 Å². The van der Waals surface area contributed by atoms with Gasteiger partial charge in [-0.05, 0) is 30.5 Å². The van der Waals surface area contributed by atoms with Crippen LogP contribution in [0, 0.1) is 5.82 Å². The number of halogens is 4. The molecule has 1 amide bonds. The number of likely N-dealkylation sites (N-methyl/N-ethyl adjacent to an activating group) is 1. The summed E-state index contributed by atoms with van der Waals surface area (Å²) in [7, 11) is 0. The van der Waals surface area contributed by atoms with Crippen LogP contribution in [0.2, 0.25) is 0 Å². The number of amides is 1. The van der Waals surface area contributed by atoms with Gasteiger partial charge < -0.3 is 10.0 Å². The molecule has 3 aromatic rings. The minimum Gasteiger partial charge on any atom is -0.477 e. The third kappa shape index (κ3) is 5.22. The summed E-state index contributed by atoms with van der Waals surface area (Å²) in [6, 6.07) is 2.69. The molecule has 1 aliphatic heterocycles. The van der Waals surface area contributed by atoms with E-state index in [1.807, 2.05) is 10.3 Å². The molecule has 36 heavy (non-hydrogen) atoms. The number of pyridine rings is 1. The molecular formula is C22H23F4N7O3. The number of hydrogen-bond acceptors (Lipinski definition) is 7. The number of aromatic nitrogens is 4. The number of anilines is 1. The van der Waals surface area contributed by atoms with Gasteiger partial charge in [0.15, 0.2) is 5.65 Å². The number of carbonyl (C=O) groups is 2. The minimum absolute atomic E-state index is 0.0265. The zero-order valence-corrected chi connectivity index (χ0v) is 19.2. The number of carboxylic acid groups (broad SMARTS) is 1. The first-order chi connectivity index (χ1) is 17.1. The number of carbonyl (C=O) groups excluding carboxylic acids is 1. The van der Waals surface area contributed by atoms with E-state index in [9.17, 15) is 32.3 Å². The van der Waals surface area contributed by atoms with Crippen LogP contribution in [0.1, 0.15) is 47.4 Å². The van der Waals surface area contributed by atoms with Crippen molar-refractivity contribution in [3.63, 3.8) is 0 Å². The van der Waals surface area contributed by atoms with Gasteiger partial charge in [0.25, 0.3) is 0 Å². The van der Waals surface area contributed by atoms with Gasteiger partial charge in [0.2, 0.25) is 0 Å². The second-order valence-corrected chi connectivity index (χ2v) is 8.23. The highest BCUT2D eigenvalue weighted by Crippen LogP contribution is 2.37. The summed E-state index contributed by atoms with van der Waals surface area (Å²) in [5, 5.41) is 14.5. The van der Waals surface area contributed by atoms with Crippen LogP contribution in [0.5, 0.6) is 0 Å². The number of alkyl halides is 3. The van der Waals surface area contributed by atoms with Gasteiger partial charge in [-0.15, -0.1) is 0 Å². The van der Waals surface area contributed by atoms with Crippen molar-refractivity contribution in [2.45, 2.75) is 38.4 Å². The Balaban J connectivity index is 1.59. The SMILES string of the molecule is CCN(CCc1ncc(F)cc1[C@H]1CCCN1c1ccn2ncc(C(=O)O)c2n1)NC(=O)C(F)(F)F. The summed E-state index contributed by atoms with van der Waals surface area (Å²) < 4.78 is 53.5. The zero-order chi connectivity index (χ0) is 26.0. The second kappa shape index (κ2) is 10.0. The highest BCUT2D eigenvalue weighted by molar-refractivity contribution is 5.94. The molecule has 0 radical (unpaired) electrons. The van der Waals surface area contributed by atoms with E-state index >= 15 is 0 Å². The maximum absolute atomic E-state index is 14.2. The fourth-order valence-corrected chi connectivity index (χ4v) is 4.26. The van der Waals surface area contributed by atoms with Gasteiger partial charge >= 0.3 is 18.1 Å². The molecule has 0 bridgehead atoms. The topological polar surface area (TPSA) is 116 Å². The molecule has 0 spiro atoms. The Labute approximate surface area is 202 Å². The lowest BCUT2D eigenvalue weighted by Gasteiger charge is -2.28. The Kier molecular flexibility index (Phi) is 7.06. The van der Waals surface area contributed by atoms with Crippen molar-refractivity contribution in [1.82, 2.24) is 30.0 Å². The molecule has 1 aliphatic rings. The van der Waals surface area contributed by atoms with Crippen LogP contribution in [0.25, 0.3) is 5.65 Å². The standard InChI is InChI=1S/C22H23F4N7O3/c1-2-31(30-21(36)22(24,25)26)8-5-16-14(10-13(23)11-27-16)17-4-3-7-32(17)18-6-9-33-19(29-18)15(12-28-33)20(34)35/h6,9-12,17H,2-5,7-8H2,1H3,(H,30,36)(H,34,35)/t17-/m1/s1. The highest BCUT2D eigenvalue weighted by Gasteiger charge is 2.39. The molecule has 10 nitrogen and oxygen atoms in total. The van der Waals surface area contributed by atoms with E-state index in [2.05, 4.69) is 15.1 Å². The summed E-state index contributed by atoms with van der Waals surface area (Å²) in [6.45, 7) is 2.31. The van der Waals surface area contributed by atoms with E-state index in [4.69, 9.17) is 0 Å². The molecule has 4 heterocycles. The third-order valence-corrected chi connectivity index (χ3v) is 5.98. The van der Waals surface area contributed by atoms with E-state index in [-0.39, 0.29) is 36.8 Å². The van der Waals surface area contributed by atoms with Crippen LogP contribution < -0.4 is 10.3 Å². The Bertz CT molecular complexity index is 1280. The quantitative estimate of drug-likeness (QED) is 0.352. The van der Waals surface area contributed by atoms with Crippen molar-refractivity contribution in [3.8, 4) is 0 Å². The number of fused-ring (bicyclic) bond motifs is 1. The lowest BCUT2D eigenvalue weighted by Crippen LogP contribution is -2.48. The Morgan fingerprint density at radius 1 is 1.31 bits per heavy atom. The van der Waals surface area contributed by atoms with E-state index in [1.54, 1.807) is 19.2 Å².